The molecule has 0 spiro atoms. The van der Waals surface area contributed by atoms with E-state index in [1.807, 2.05) is 30.3 Å². The topological polar surface area (TPSA) is 52.0 Å². The van der Waals surface area contributed by atoms with Crippen molar-refractivity contribution in [2.24, 2.45) is 0 Å². The van der Waals surface area contributed by atoms with Crippen LogP contribution in [0, 0.1) is 0 Å². The van der Waals surface area contributed by atoms with Crippen molar-refractivity contribution in [2.75, 3.05) is 11.5 Å². The van der Waals surface area contributed by atoms with Crippen LogP contribution in [0.15, 0.2) is 66.7 Å². The monoisotopic (exact) mass is 284 g/mol. The van der Waals surface area contributed by atoms with Gasteiger partial charge in [0.15, 0.2) is 0 Å². The van der Waals surface area contributed by atoms with Crippen molar-refractivity contribution in [3.63, 3.8) is 0 Å². The quantitative estimate of drug-likeness (QED) is 0.508. The number of hydrogen-bond donors (Lipinski definition) is 2. The van der Waals surface area contributed by atoms with Gasteiger partial charge in [0.1, 0.15) is 0 Å². The van der Waals surface area contributed by atoms with Crippen LogP contribution in [0.1, 0.15) is 16.7 Å². The zero-order valence-electron chi connectivity index (χ0n) is 12.1. The van der Waals surface area contributed by atoms with Crippen LogP contribution in [-0.2, 0) is 0 Å². The Kier molecular flexibility index (Phi) is 2.76. The molecule has 3 aromatic carbocycles. The third kappa shape index (κ3) is 1.97. The van der Waals surface area contributed by atoms with Gasteiger partial charge in [-0.15, -0.1) is 0 Å². The average Bonchev–Trinajstić information content (AvgIpc) is 2.83. The Bertz CT molecular complexity index is 890. The van der Waals surface area contributed by atoms with E-state index in [1.54, 1.807) is 0 Å². The van der Waals surface area contributed by atoms with Gasteiger partial charge in [0.05, 0.1) is 0 Å². The molecular weight excluding hydrogens is 268 g/mol. The molecule has 1 aliphatic carbocycles. The van der Waals surface area contributed by atoms with Crippen LogP contribution in [0.4, 0.5) is 11.4 Å². The van der Waals surface area contributed by atoms with Crippen molar-refractivity contribution in [3.05, 3.63) is 83.4 Å². The van der Waals surface area contributed by atoms with E-state index in [2.05, 4.69) is 42.5 Å². The molecule has 0 aliphatic heterocycles. The smallest absolute Gasteiger partial charge is 0.0320 e. The van der Waals surface area contributed by atoms with Crippen molar-refractivity contribution in [1.29, 1.82) is 0 Å². The molecule has 0 radical (unpaired) electrons. The molecule has 0 amide bonds. The highest BCUT2D eigenvalue weighted by Crippen LogP contribution is 2.45. The number of rotatable bonds is 1. The molecule has 0 saturated carbocycles. The summed E-state index contributed by atoms with van der Waals surface area (Å²) in [6.45, 7) is 0. The van der Waals surface area contributed by atoms with Gasteiger partial charge < -0.3 is 11.5 Å². The molecular formula is C20H16N2. The molecule has 4 rings (SSSR count). The Labute approximate surface area is 129 Å². The molecule has 2 nitrogen and oxygen atoms in total. The summed E-state index contributed by atoms with van der Waals surface area (Å²) in [7, 11) is 0. The summed E-state index contributed by atoms with van der Waals surface area (Å²) in [5.74, 6) is 0. The maximum absolute atomic E-state index is 6.00. The third-order valence-corrected chi connectivity index (χ3v) is 4.09. The van der Waals surface area contributed by atoms with E-state index in [0.29, 0.717) is 0 Å². The minimum absolute atomic E-state index is 0.776. The summed E-state index contributed by atoms with van der Waals surface area (Å²) >= 11 is 0. The van der Waals surface area contributed by atoms with Crippen LogP contribution in [0.3, 0.4) is 0 Å². The molecule has 0 unspecified atom stereocenters. The number of benzene rings is 3. The highest BCUT2D eigenvalue weighted by Gasteiger charge is 2.22. The van der Waals surface area contributed by atoms with Gasteiger partial charge in [-0.2, -0.15) is 0 Å². The van der Waals surface area contributed by atoms with Gasteiger partial charge in [-0.25, -0.2) is 0 Å². The van der Waals surface area contributed by atoms with Crippen LogP contribution in [0.2, 0.25) is 0 Å². The lowest BCUT2D eigenvalue weighted by Gasteiger charge is -2.04. The van der Waals surface area contributed by atoms with Crippen molar-refractivity contribution in [3.8, 4) is 11.1 Å². The van der Waals surface area contributed by atoms with Crippen LogP contribution in [0.25, 0.3) is 22.8 Å². The average molecular weight is 284 g/mol. The normalized spacial score (nSPS) is 13.9. The number of hydrogen-bond acceptors (Lipinski definition) is 2. The standard InChI is InChI=1S/C20H16N2/c21-14-7-5-13(6-8-14)11-19-17-4-2-1-3-16(17)18-10-9-15(22)12-20(18)19/h1-12H,21-22H2/b19-11+. The van der Waals surface area contributed by atoms with E-state index in [1.165, 1.54) is 27.8 Å². The van der Waals surface area contributed by atoms with Crippen LogP contribution in [0.5, 0.6) is 0 Å². The van der Waals surface area contributed by atoms with E-state index in [4.69, 9.17) is 11.5 Å². The Balaban J connectivity index is 1.96. The molecule has 0 atom stereocenters. The summed E-state index contributed by atoms with van der Waals surface area (Å²) in [5, 5.41) is 0. The number of fused-ring (bicyclic) bond motifs is 3. The Morgan fingerprint density at radius 3 is 2.00 bits per heavy atom. The summed E-state index contributed by atoms with van der Waals surface area (Å²) in [6, 6.07) is 22.5. The fourth-order valence-electron chi connectivity index (χ4n) is 3.03. The Morgan fingerprint density at radius 1 is 0.591 bits per heavy atom. The first-order valence-electron chi connectivity index (χ1n) is 7.29. The highest BCUT2D eigenvalue weighted by molar-refractivity contribution is 6.07. The van der Waals surface area contributed by atoms with Gasteiger partial charge >= 0.3 is 0 Å². The second-order valence-corrected chi connectivity index (χ2v) is 5.58. The van der Waals surface area contributed by atoms with Gasteiger partial charge in [-0.3, -0.25) is 0 Å². The molecule has 0 fully saturated rings. The predicted molar refractivity (Wildman–Crippen MR) is 94.1 cm³/mol. The summed E-state index contributed by atoms with van der Waals surface area (Å²) in [5.41, 5.74) is 20.6. The van der Waals surface area contributed by atoms with Gasteiger partial charge in [0.2, 0.25) is 0 Å². The van der Waals surface area contributed by atoms with Crippen molar-refractivity contribution < 1.29 is 0 Å². The molecule has 1 aliphatic rings. The first kappa shape index (κ1) is 12.7. The Hall–Kier alpha value is -3.00. The minimum atomic E-state index is 0.776. The van der Waals surface area contributed by atoms with E-state index < -0.39 is 0 Å². The second kappa shape index (κ2) is 4.78. The molecule has 0 heterocycles. The zero-order chi connectivity index (χ0) is 15.1. The van der Waals surface area contributed by atoms with Crippen LogP contribution in [-0.4, -0.2) is 0 Å². The largest absolute Gasteiger partial charge is 0.399 e. The third-order valence-electron chi connectivity index (χ3n) is 4.09. The molecule has 106 valence electrons. The lowest BCUT2D eigenvalue weighted by molar-refractivity contribution is 1.63. The van der Waals surface area contributed by atoms with E-state index >= 15 is 0 Å². The minimum Gasteiger partial charge on any atom is -0.399 e. The first-order chi connectivity index (χ1) is 10.7. The lowest BCUT2D eigenvalue weighted by Crippen LogP contribution is -1.88. The first-order valence-corrected chi connectivity index (χ1v) is 7.29. The van der Waals surface area contributed by atoms with Gasteiger partial charge in [-0.1, -0.05) is 42.5 Å². The van der Waals surface area contributed by atoms with Crippen LogP contribution < -0.4 is 11.5 Å². The van der Waals surface area contributed by atoms with Crippen molar-refractivity contribution in [1.82, 2.24) is 0 Å². The fourth-order valence-corrected chi connectivity index (χ4v) is 3.03. The molecule has 0 bridgehead atoms. The molecule has 0 aromatic heterocycles. The molecule has 0 saturated heterocycles. The summed E-state index contributed by atoms with van der Waals surface area (Å²) in [6.07, 6.45) is 2.20. The molecule has 3 aromatic rings. The summed E-state index contributed by atoms with van der Waals surface area (Å²) < 4.78 is 0. The van der Waals surface area contributed by atoms with Gasteiger partial charge in [0.25, 0.3) is 0 Å². The SMILES string of the molecule is Nc1ccc(/C=C2\c3ccccc3-c3ccc(N)cc32)cc1. The molecule has 22 heavy (non-hydrogen) atoms. The van der Waals surface area contributed by atoms with Gasteiger partial charge in [0, 0.05) is 11.4 Å². The lowest BCUT2D eigenvalue weighted by atomic mass is 10.0. The van der Waals surface area contributed by atoms with E-state index in [9.17, 15) is 0 Å². The predicted octanol–water partition coefficient (Wildman–Crippen LogP) is 4.42. The zero-order valence-corrected chi connectivity index (χ0v) is 12.1. The second-order valence-electron chi connectivity index (χ2n) is 5.58. The van der Waals surface area contributed by atoms with Crippen molar-refractivity contribution in [2.45, 2.75) is 0 Å². The Morgan fingerprint density at radius 2 is 1.23 bits per heavy atom. The van der Waals surface area contributed by atoms with Crippen LogP contribution >= 0.6 is 0 Å². The summed E-state index contributed by atoms with van der Waals surface area (Å²) in [4.78, 5) is 0. The number of nitrogen functional groups attached to an aromatic ring is 2. The maximum Gasteiger partial charge on any atom is 0.0320 e. The van der Waals surface area contributed by atoms with E-state index in [-0.39, 0.29) is 0 Å². The van der Waals surface area contributed by atoms with E-state index in [0.717, 1.165) is 16.9 Å². The maximum atomic E-state index is 6.00. The molecule has 2 heteroatoms. The van der Waals surface area contributed by atoms with Crippen molar-refractivity contribution >= 4 is 23.0 Å². The number of nitrogens with two attached hydrogens (primary N) is 2. The fraction of sp³-hybridized carbons (Fsp3) is 0. The van der Waals surface area contributed by atoms with Gasteiger partial charge in [-0.05, 0) is 63.7 Å². The highest BCUT2D eigenvalue weighted by atomic mass is 14.5. The number of anilines is 2. The molecule has 4 N–H and O–H groups in total.